The number of hydrogen-bond acceptors (Lipinski definition) is 2. The van der Waals surface area contributed by atoms with Gasteiger partial charge in [-0.2, -0.15) is 0 Å². The Bertz CT molecular complexity index is 925. The molecule has 0 aliphatic rings. The van der Waals surface area contributed by atoms with Crippen LogP contribution in [0.3, 0.4) is 0 Å². The average molecular weight is 312 g/mol. The van der Waals surface area contributed by atoms with Crippen LogP contribution in [0.5, 0.6) is 0 Å². The van der Waals surface area contributed by atoms with Gasteiger partial charge in [-0.15, -0.1) is 0 Å². The zero-order valence-electron chi connectivity index (χ0n) is 14.0. The van der Waals surface area contributed by atoms with Crippen molar-refractivity contribution in [3.8, 4) is 0 Å². The molecule has 3 aromatic rings. The Morgan fingerprint density at radius 3 is 2.42 bits per heavy atom. The fourth-order valence-corrected chi connectivity index (χ4v) is 2.60. The monoisotopic (exact) mass is 312 g/mol. The molecular formula is C22H20N2. The molecule has 2 aromatic carbocycles. The van der Waals surface area contributed by atoms with Crippen molar-refractivity contribution < 1.29 is 0 Å². The van der Waals surface area contributed by atoms with Gasteiger partial charge in [0.2, 0.25) is 0 Å². The third-order valence-electron chi connectivity index (χ3n) is 3.71. The number of rotatable bonds is 4. The number of hydrogen-bond donors (Lipinski definition) is 0. The molecule has 0 saturated carbocycles. The molecule has 118 valence electrons. The summed E-state index contributed by atoms with van der Waals surface area (Å²) in [6.45, 7) is 8.29. The van der Waals surface area contributed by atoms with E-state index in [0.29, 0.717) is 0 Å². The minimum atomic E-state index is 0.754. The summed E-state index contributed by atoms with van der Waals surface area (Å²) in [4.78, 5) is 9.27. The molecule has 24 heavy (non-hydrogen) atoms. The molecule has 0 saturated heterocycles. The number of benzene rings is 2. The van der Waals surface area contributed by atoms with Gasteiger partial charge in [0, 0.05) is 17.1 Å². The van der Waals surface area contributed by atoms with Gasteiger partial charge in [-0.25, -0.2) is 4.99 Å². The second-order valence-electron chi connectivity index (χ2n) is 5.91. The van der Waals surface area contributed by atoms with Gasteiger partial charge in [0.1, 0.15) is 0 Å². The van der Waals surface area contributed by atoms with Gasteiger partial charge in [-0.05, 0) is 37.6 Å². The molecule has 0 bridgehead atoms. The molecule has 1 heterocycles. The number of aliphatic imine (C=N–C) groups is 1. The van der Waals surface area contributed by atoms with Crippen molar-refractivity contribution in [1.29, 1.82) is 0 Å². The first-order valence-electron chi connectivity index (χ1n) is 7.97. The first-order chi connectivity index (χ1) is 11.6. The van der Waals surface area contributed by atoms with Crippen molar-refractivity contribution in [2.24, 2.45) is 4.99 Å². The summed E-state index contributed by atoms with van der Waals surface area (Å²) in [7, 11) is 0. The fourth-order valence-electron chi connectivity index (χ4n) is 2.60. The Morgan fingerprint density at radius 1 is 0.958 bits per heavy atom. The minimum absolute atomic E-state index is 0.754. The van der Waals surface area contributed by atoms with E-state index in [1.54, 1.807) is 0 Å². The number of nitrogens with zero attached hydrogens (tertiary/aromatic N) is 2. The molecule has 0 amide bonds. The molecular weight excluding hydrogens is 292 g/mol. The quantitative estimate of drug-likeness (QED) is 0.570. The van der Waals surface area contributed by atoms with Crippen molar-refractivity contribution in [2.75, 3.05) is 0 Å². The zero-order valence-corrected chi connectivity index (χ0v) is 14.0. The van der Waals surface area contributed by atoms with E-state index < -0.39 is 0 Å². The van der Waals surface area contributed by atoms with E-state index in [0.717, 1.165) is 33.4 Å². The van der Waals surface area contributed by atoms with Crippen LogP contribution in [-0.2, 0) is 0 Å². The number of pyridine rings is 1. The summed E-state index contributed by atoms with van der Waals surface area (Å²) >= 11 is 0. The highest BCUT2D eigenvalue weighted by molar-refractivity contribution is 6.17. The fraction of sp³-hybridized carbons (Fsp3) is 0.0909. The maximum Gasteiger partial charge on any atom is 0.0715 e. The molecule has 0 spiro atoms. The molecule has 1 aromatic heterocycles. The van der Waals surface area contributed by atoms with Gasteiger partial charge in [0.15, 0.2) is 0 Å². The van der Waals surface area contributed by atoms with Crippen LogP contribution < -0.4 is 0 Å². The SMILES string of the molecule is C=C(N=C(C=C(C)C)c1ccnc2ccccc12)c1ccccc1. The van der Waals surface area contributed by atoms with Crippen molar-refractivity contribution >= 4 is 22.3 Å². The lowest BCUT2D eigenvalue weighted by Crippen LogP contribution is -2.00. The second-order valence-corrected chi connectivity index (χ2v) is 5.91. The lowest BCUT2D eigenvalue weighted by Gasteiger charge is -2.09. The number of allylic oxidation sites excluding steroid dienone is 2. The van der Waals surface area contributed by atoms with E-state index in [-0.39, 0.29) is 0 Å². The number of aromatic nitrogens is 1. The highest BCUT2D eigenvalue weighted by atomic mass is 14.8. The van der Waals surface area contributed by atoms with Gasteiger partial charge >= 0.3 is 0 Å². The van der Waals surface area contributed by atoms with E-state index in [4.69, 9.17) is 4.99 Å². The molecule has 0 aliphatic heterocycles. The number of para-hydroxylation sites is 1. The highest BCUT2D eigenvalue weighted by Gasteiger charge is 2.08. The molecule has 2 nitrogen and oxygen atoms in total. The third kappa shape index (κ3) is 3.49. The van der Waals surface area contributed by atoms with Crippen LogP contribution in [0.4, 0.5) is 0 Å². The van der Waals surface area contributed by atoms with Crippen molar-refractivity contribution in [3.63, 3.8) is 0 Å². The maximum absolute atomic E-state index is 4.83. The Labute approximate surface area is 142 Å². The van der Waals surface area contributed by atoms with Gasteiger partial charge in [-0.1, -0.05) is 60.7 Å². The Morgan fingerprint density at radius 2 is 1.67 bits per heavy atom. The Hall–Kier alpha value is -3.00. The molecule has 3 rings (SSSR count). The van der Waals surface area contributed by atoms with Crippen LogP contribution in [-0.4, -0.2) is 10.7 Å². The summed E-state index contributed by atoms with van der Waals surface area (Å²) in [6, 6.07) is 20.2. The largest absolute Gasteiger partial charge is 0.256 e. The van der Waals surface area contributed by atoms with Crippen LogP contribution in [0.1, 0.15) is 25.0 Å². The van der Waals surface area contributed by atoms with Crippen molar-refractivity contribution in [3.05, 3.63) is 96.2 Å². The van der Waals surface area contributed by atoms with E-state index in [1.165, 1.54) is 5.57 Å². The van der Waals surface area contributed by atoms with E-state index in [1.807, 2.05) is 60.8 Å². The predicted molar refractivity (Wildman–Crippen MR) is 103 cm³/mol. The van der Waals surface area contributed by atoms with Gasteiger partial charge < -0.3 is 0 Å². The topological polar surface area (TPSA) is 25.2 Å². The second kappa shape index (κ2) is 7.05. The van der Waals surface area contributed by atoms with Crippen LogP contribution >= 0.6 is 0 Å². The van der Waals surface area contributed by atoms with Gasteiger partial charge in [0.25, 0.3) is 0 Å². The predicted octanol–water partition coefficient (Wildman–Crippen LogP) is 5.66. The standard InChI is InChI=1S/C22H20N2/c1-16(2)15-22(24-17(3)18-9-5-4-6-10-18)20-13-14-23-21-12-8-7-11-19(20)21/h4-15H,3H2,1-2H3. The molecule has 0 fully saturated rings. The van der Waals surface area contributed by atoms with Crippen LogP contribution in [0.2, 0.25) is 0 Å². The summed E-state index contributed by atoms with van der Waals surface area (Å²) in [5, 5.41) is 1.09. The van der Waals surface area contributed by atoms with E-state index in [2.05, 4.69) is 37.6 Å². The lowest BCUT2D eigenvalue weighted by molar-refractivity contribution is 1.38. The smallest absolute Gasteiger partial charge is 0.0715 e. The van der Waals surface area contributed by atoms with Gasteiger partial charge in [-0.3, -0.25) is 4.98 Å². The maximum atomic E-state index is 4.83. The van der Waals surface area contributed by atoms with Crippen LogP contribution in [0.15, 0.2) is 90.1 Å². The summed E-state index contributed by atoms with van der Waals surface area (Å²) in [5.74, 6) is 0. The molecule has 0 N–H and O–H groups in total. The molecule has 0 atom stereocenters. The summed E-state index contributed by atoms with van der Waals surface area (Å²) in [5.41, 5.74) is 5.91. The van der Waals surface area contributed by atoms with Crippen molar-refractivity contribution in [1.82, 2.24) is 4.98 Å². The third-order valence-corrected chi connectivity index (χ3v) is 3.71. The minimum Gasteiger partial charge on any atom is -0.256 e. The zero-order chi connectivity index (χ0) is 16.9. The first kappa shape index (κ1) is 15.9. The highest BCUT2D eigenvalue weighted by Crippen LogP contribution is 2.21. The lowest BCUT2D eigenvalue weighted by atomic mass is 10.0. The van der Waals surface area contributed by atoms with E-state index >= 15 is 0 Å². The molecule has 0 aliphatic carbocycles. The van der Waals surface area contributed by atoms with Crippen LogP contribution in [0.25, 0.3) is 16.6 Å². The summed E-state index contributed by atoms with van der Waals surface area (Å²) < 4.78 is 0. The summed E-state index contributed by atoms with van der Waals surface area (Å²) in [6.07, 6.45) is 3.92. The molecule has 0 unspecified atom stereocenters. The molecule has 0 radical (unpaired) electrons. The average Bonchev–Trinajstić information content (AvgIpc) is 2.61. The van der Waals surface area contributed by atoms with E-state index in [9.17, 15) is 0 Å². The normalized spacial score (nSPS) is 11.3. The van der Waals surface area contributed by atoms with Crippen LogP contribution in [0, 0.1) is 0 Å². The Kier molecular flexibility index (Phi) is 4.66. The Balaban J connectivity index is 2.15. The number of fused-ring (bicyclic) bond motifs is 1. The van der Waals surface area contributed by atoms with Crippen molar-refractivity contribution in [2.45, 2.75) is 13.8 Å². The first-order valence-corrected chi connectivity index (χ1v) is 7.97. The molecule has 2 heteroatoms. The van der Waals surface area contributed by atoms with Gasteiger partial charge in [0.05, 0.1) is 16.9 Å².